The number of nitrogens with one attached hydrogen (secondary N) is 2. The molecule has 1 unspecified atom stereocenters. The van der Waals surface area contributed by atoms with Gasteiger partial charge in [0, 0.05) is 6.04 Å². The molecule has 1 aliphatic carbocycles. The van der Waals surface area contributed by atoms with E-state index >= 15 is 0 Å². The molecule has 1 rings (SSSR count). The van der Waals surface area contributed by atoms with Crippen molar-refractivity contribution in [2.45, 2.75) is 31.8 Å². The third kappa shape index (κ3) is 3.24. The Labute approximate surface area is 72.7 Å². The van der Waals surface area contributed by atoms with Gasteiger partial charge < -0.3 is 10.6 Å². The van der Waals surface area contributed by atoms with E-state index in [9.17, 15) is 0 Å². The topological polar surface area (TPSA) is 24.1 Å². The molecule has 0 aromatic rings. The molecule has 3 heteroatoms. The van der Waals surface area contributed by atoms with Gasteiger partial charge in [-0.2, -0.15) is 0 Å². The predicted molar refractivity (Wildman–Crippen MR) is 50.2 cm³/mol. The Hall–Kier alpha value is -0.750. The van der Waals surface area contributed by atoms with Crippen LogP contribution in [0.3, 0.4) is 0 Å². The standard InChI is InChI=1S/C8H12N2S/c1-3-6(2)9-8(11)10-7-4-5-7/h1,6-7H,4-5H2,2H3,(H2,9,10,11). The molecule has 11 heavy (non-hydrogen) atoms. The van der Waals surface area contributed by atoms with E-state index in [0.29, 0.717) is 11.2 Å². The summed E-state index contributed by atoms with van der Waals surface area (Å²) >= 11 is 4.99. The lowest BCUT2D eigenvalue weighted by Gasteiger charge is -2.11. The highest BCUT2D eigenvalue weighted by molar-refractivity contribution is 7.80. The minimum Gasteiger partial charge on any atom is -0.360 e. The van der Waals surface area contributed by atoms with Gasteiger partial charge in [0.1, 0.15) is 0 Å². The first kappa shape index (κ1) is 8.35. The molecule has 0 spiro atoms. The Bertz CT molecular complexity index is 191. The van der Waals surface area contributed by atoms with Crippen LogP contribution in [0.4, 0.5) is 0 Å². The van der Waals surface area contributed by atoms with Crippen LogP contribution < -0.4 is 10.6 Å². The van der Waals surface area contributed by atoms with Crippen molar-refractivity contribution in [3.63, 3.8) is 0 Å². The maximum Gasteiger partial charge on any atom is 0.167 e. The summed E-state index contributed by atoms with van der Waals surface area (Å²) in [7, 11) is 0. The average Bonchev–Trinajstić information content (AvgIpc) is 2.71. The minimum atomic E-state index is 0.0220. The molecule has 0 aliphatic heterocycles. The van der Waals surface area contributed by atoms with Gasteiger partial charge in [0.15, 0.2) is 5.11 Å². The molecule has 0 aromatic carbocycles. The lowest BCUT2D eigenvalue weighted by atomic mass is 10.4. The largest absolute Gasteiger partial charge is 0.360 e. The Balaban J connectivity index is 2.15. The van der Waals surface area contributed by atoms with Crippen molar-refractivity contribution in [3.8, 4) is 12.3 Å². The summed E-state index contributed by atoms with van der Waals surface area (Å²) in [5.74, 6) is 2.55. The van der Waals surface area contributed by atoms with E-state index in [-0.39, 0.29) is 6.04 Å². The van der Waals surface area contributed by atoms with Crippen LogP contribution in [0.15, 0.2) is 0 Å². The number of hydrogen-bond acceptors (Lipinski definition) is 1. The van der Waals surface area contributed by atoms with Gasteiger partial charge in [-0.1, -0.05) is 5.92 Å². The molecular formula is C8H12N2S. The molecule has 1 atom stereocenters. The fraction of sp³-hybridized carbons (Fsp3) is 0.625. The molecule has 0 aromatic heterocycles. The average molecular weight is 168 g/mol. The summed E-state index contributed by atoms with van der Waals surface area (Å²) in [5.41, 5.74) is 0. The normalized spacial score (nSPS) is 18.2. The fourth-order valence-corrected chi connectivity index (χ4v) is 1.04. The van der Waals surface area contributed by atoms with Crippen molar-refractivity contribution in [3.05, 3.63) is 0 Å². The van der Waals surface area contributed by atoms with Crippen LogP contribution in [0.25, 0.3) is 0 Å². The van der Waals surface area contributed by atoms with E-state index < -0.39 is 0 Å². The van der Waals surface area contributed by atoms with E-state index in [0.717, 1.165) is 0 Å². The van der Waals surface area contributed by atoms with Gasteiger partial charge >= 0.3 is 0 Å². The smallest absolute Gasteiger partial charge is 0.167 e. The maximum absolute atomic E-state index is 5.17. The van der Waals surface area contributed by atoms with Crippen LogP contribution in [-0.4, -0.2) is 17.2 Å². The minimum absolute atomic E-state index is 0.0220. The van der Waals surface area contributed by atoms with E-state index in [1.54, 1.807) is 0 Å². The molecule has 2 nitrogen and oxygen atoms in total. The maximum atomic E-state index is 5.17. The highest BCUT2D eigenvalue weighted by Crippen LogP contribution is 2.18. The van der Waals surface area contributed by atoms with Crippen molar-refractivity contribution in [2.75, 3.05) is 0 Å². The molecule has 0 amide bonds. The van der Waals surface area contributed by atoms with Gasteiger partial charge in [0.05, 0.1) is 6.04 Å². The quantitative estimate of drug-likeness (QED) is 0.467. The Morgan fingerprint density at radius 1 is 1.73 bits per heavy atom. The van der Waals surface area contributed by atoms with E-state index in [2.05, 4.69) is 16.6 Å². The Kier molecular flexibility index (Phi) is 2.72. The van der Waals surface area contributed by atoms with Crippen molar-refractivity contribution >= 4 is 17.3 Å². The predicted octanol–water partition coefficient (Wildman–Crippen LogP) is 0.635. The SMILES string of the molecule is C#CC(C)NC(=S)NC1CC1. The molecule has 2 N–H and O–H groups in total. The van der Waals surface area contributed by atoms with Gasteiger partial charge in [0.2, 0.25) is 0 Å². The Morgan fingerprint density at radius 3 is 2.82 bits per heavy atom. The summed E-state index contributed by atoms with van der Waals surface area (Å²) in [6, 6.07) is 0.619. The van der Waals surface area contributed by atoms with Gasteiger partial charge in [-0.15, -0.1) is 6.42 Å². The monoisotopic (exact) mass is 168 g/mol. The molecule has 0 bridgehead atoms. The van der Waals surface area contributed by atoms with E-state index in [4.69, 9.17) is 18.6 Å². The van der Waals surface area contributed by atoms with Crippen molar-refractivity contribution in [1.29, 1.82) is 0 Å². The molecule has 1 fully saturated rings. The highest BCUT2D eigenvalue weighted by Gasteiger charge is 2.21. The third-order valence-electron chi connectivity index (χ3n) is 1.51. The van der Waals surface area contributed by atoms with Crippen molar-refractivity contribution in [2.24, 2.45) is 0 Å². The lowest BCUT2D eigenvalue weighted by molar-refractivity contribution is 0.785. The summed E-state index contributed by atoms with van der Waals surface area (Å²) in [4.78, 5) is 0. The summed E-state index contributed by atoms with van der Waals surface area (Å²) in [6.45, 7) is 1.90. The first-order valence-electron chi connectivity index (χ1n) is 3.75. The first-order valence-corrected chi connectivity index (χ1v) is 4.16. The zero-order valence-corrected chi connectivity index (χ0v) is 7.37. The van der Waals surface area contributed by atoms with Crippen molar-refractivity contribution in [1.82, 2.24) is 10.6 Å². The fourth-order valence-electron chi connectivity index (χ4n) is 0.693. The number of terminal acetylenes is 1. The second-order valence-electron chi connectivity index (χ2n) is 2.78. The lowest BCUT2D eigenvalue weighted by Crippen LogP contribution is -2.40. The zero-order chi connectivity index (χ0) is 8.27. The van der Waals surface area contributed by atoms with E-state index in [1.165, 1.54) is 12.8 Å². The van der Waals surface area contributed by atoms with Crippen LogP contribution in [0.1, 0.15) is 19.8 Å². The molecule has 1 saturated carbocycles. The molecule has 0 saturated heterocycles. The highest BCUT2D eigenvalue weighted by atomic mass is 32.1. The van der Waals surface area contributed by atoms with Crippen LogP contribution in [0.2, 0.25) is 0 Å². The molecular weight excluding hydrogens is 156 g/mol. The summed E-state index contributed by atoms with van der Waals surface area (Å²) < 4.78 is 0. The molecule has 0 heterocycles. The van der Waals surface area contributed by atoms with Gasteiger partial charge in [0.25, 0.3) is 0 Å². The Morgan fingerprint density at radius 2 is 2.36 bits per heavy atom. The third-order valence-corrected chi connectivity index (χ3v) is 1.75. The molecule has 1 aliphatic rings. The van der Waals surface area contributed by atoms with Gasteiger partial charge in [-0.05, 0) is 32.0 Å². The second-order valence-corrected chi connectivity index (χ2v) is 3.19. The summed E-state index contributed by atoms with van der Waals surface area (Å²) in [6.07, 6.45) is 7.62. The van der Waals surface area contributed by atoms with Crippen LogP contribution in [0, 0.1) is 12.3 Å². The number of rotatable bonds is 2. The second kappa shape index (κ2) is 3.59. The van der Waals surface area contributed by atoms with Crippen LogP contribution in [0.5, 0.6) is 0 Å². The molecule has 60 valence electrons. The summed E-state index contributed by atoms with van der Waals surface area (Å²) in [5, 5.41) is 6.81. The number of hydrogen-bond donors (Lipinski definition) is 2. The van der Waals surface area contributed by atoms with Crippen molar-refractivity contribution < 1.29 is 0 Å². The first-order chi connectivity index (χ1) is 5.22. The van der Waals surface area contributed by atoms with Gasteiger partial charge in [-0.25, -0.2) is 0 Å². The van der Waals surface area contributed by atoms with Crippen LogP contribution >= 0.6 is 12.2 Å². The van der Waals surface area contributed by atoms with E-state index in [1.807, 2.05) is 6.92 Å². The zero-order valence-electron chi connectivity index (χ0n) is 6.55. The number of thiocarbonyl (C=S) groups is 1. The molecule has 0 radical (unpaired) electrons. The van der Waals surface area contributed by atoms with Gasteiger partial charge in [-0.3, -0.25) is 0 Å². The van der Waals surface area contributed by atoms with Crippen LogP contribution in [-0.2, 0) is 0 Å².